The van der Waals surface area contributed by atoms with Gasteiger partial charge in [0.05, 0.1) is 6.54 Å². The minimum Gasteiger partial charge on any atom is -0.325 e. The molecule has 0 atom stereocenters. The number of rotatable bonds is 4. The molecule has 0 fully saturated rings. The van der Waals surface area contributed by atoms with E-state index in [4.69, 9.17) is 0 Å². The predicted octanol–water partition coefficient (Wildman–Crippen LogP) is 1.93. The standard InChI is InChI=1S/C12H18N2O/c1-9(2)13-8-12(15)14-11-6-4-10(3)5-7-11/h4-7,9,13H,8H2,1-3H3,(H,14,15). The van der Waals surface area contributed by atoms with Crippen LogP contribution in [-0.4, -0.2) is 18.5 Å². The number of amides is 1. The second-order valence-electron chi connectivity index (χ2n) is 3.95. The number of benzene rings is 1. The van der Waals surface area contributed by atoms with Crippen LogP contribution in [0.15, 0.2) is 24.3 Å². The molecule has 2 N–H and O–H groups in total. The number of anilines is 1. The normalized spacial score (nSPS) is 10.4. The molecular weight excluding hydrogens is 188 g/mol. The van der Waals surface area contributed by atoms with E-state index in [0.29, 0.717) is 12.6 Å². The van der Waals surface area contributed by atoms with E-state index < -0.39 is 0 Å². The van der Waals surface area contributed by atoms with Crippen molar-refractivity contribution < 1.29 is 4.79 Å². The van der Waals surface area contributed by atoms with Gasteiger partial charge in [-0.25, -0.2) is 0 Å². The molecule has 0 spiro atoms. The molecule has 0 aromatic heterocycles. The molecule has 1 aromatic rings. The summed E-state index contributed by atoms with van der Waals surface area (Å²) < 4.78 is 0. The second kappa shape index (κ2) is 5.51. The van der Waals surface area contributed by atoms with Crippen LogP contribution in [0.5, 0.6) is 0 Å². The number of carbonyl (C=O) groups is 1. The highest BCUT2D eigenvalue weighted by molar-refractivity contribution is 5.92. The van der Waals surface area contributed by atoms with E-state index in [1.807, 2.05) is 45.0 Å². The highest BCUT2D eigenvalue weighted by Crippen LogP contribution is 2.07. The summed E-state index contributed by atoms with van der Waals surface area (Å²) in [7, 11) is 0. The van der Waals surface area contributed by atoms with Gasteiger partial charge >= 0.3 is 0 Å². The summed E-state index contributed by atoms with van der Waals surface area (Å²) in [5.41, 5.74) is 2.03. The summed E-state index contributed by atoms with van der Waals surface area (Å²) in [6.45, 7) is 6.40. The first-order chi connectivity index (χ1) is 7.08. The highest BCUT2D eigenvalue weighted by Gasteiger charge is 2.02. The fourth-order valence-corrected chi connectivity index (χ4v) is 1.14. The maximum atomic E-state index is 11.4. The van der Waals surface area contributed by atoms with Crippen molar-refractivity contribution in [2.75, 3.05) is 11.9 Å². The predicted molar refractivity (Wildman–Crippen MR) is 62.9 cm³/mol. The van der Waals surface area contributed by atoms with Crippen LogP contribution < -0.4 is 10.6 Å². The largest absolute Gasteiger partial charge is 0.325 e. The van der Waals surface area contributed by atoms with Crippen LogP contribution in [0.4, 0.5) is 5.69 Å². The molecule has 0 aliphatic carbocycles. The number of nitrogens with one attached hydrogen (secondary N) is 2. The molecule has 0 radical (unpaired) electrons. The first-order valence-corrected chi connectivity index (χ1v) is 5.18. The van der Waals surface area contributed by atoms with Crippen molar-refractivity contribution in [1.82, 2.24) is 5.32 Å². The zero-order valence-electron chi connectivity index (χ0n) is 9.50. The Kier molecular flexibility index (Phi) is 4.31. The van der Waals surface area contributed by atoms with Crippen molar-refractivity contribution in [3.05, 3.63) is 29.8 Å². The smallest absolute Gasteiger partial charge is 0.238 e. The minimum absolute atomic E-state index is 0.00690. The van der Waals surface area contributed by atoms with Gasteiger partial charge in [-0.15, -0.1) is 0 Å². The van der Waals surface area contributed by atoms with E-state index in [1.165, 1.54) is 5.56 Å². The lowest BCUT2D eigenvalue weighted by atomic mass is 10.2. The third kappa shape index (κ3) is 4.61. The Bertz CT molecular complexity index is 317. The fraction of sp³-hybridized carbons (Fsp3) is 0.417. The van der Waals surface area contributed by atoms with Crippen molar-refractivity contribution in [3.8, 4) is 0 Å². The molecule has 0 aliphatic heterocycles. The lowest BCUT2D eigenvalue weighted by Gasteiger charge is -2.08. The molecule has 0 bridgehead atoms. The van der Waals surface area contributed by atoms with Crippen LogP contribution in [0.2, 0.25) is 0 Å². The first kappa shape index (κ1) is 11.7. The summed E-state index contributed by atoms with van der Waals surface area (Å²) in [6, 6.07) is 8.09. The van der Waals surface area contributed by atoms with Gasteiger partial charge in [0.2, 0.25) is 5.91 Å². The number of aryl methyl sites for hydroxylation is 1. The van der Waals surface area contributed by atoms with Crippen LogP contribution in [0.25, 0.3) is 0 Å². The summed E-state index contributed by atoms with van der Waals surface area (Å²) >= 11 is 0. The molecule has 3 heteroatoms. The molecule has 1 rings (SSSR count). The summed E-state index contributed by atoms with van der Waals surface area (Å²) in [5, 5.41) is 5.89. The molecule has 82 valence electrons. The van der Waals surface area contributed by atoms with Crippen LogP contribution in [0.1, 0.15) is 19.4 Å². The van der Waals surface area contributed by atoms with Crippen molar-refractivity contribution in [3.63, 3.8) is 0 Å². The Morgan fingerprint density at radius 1 is 1.27 bits per heavy atom. The first-order valence-electron chi connectivity index (χ1n) is 5.18. The monoisotopic (exact) mass is 206 g/mol. The van der Waals surface area contributed by atoms with Crippen molar-refractivity contribution >= 4 is 11.6 Å². The summed E-state index contributed by atoms with van der Waals surface area (Å²) in [5.74, 6) is -0.00690. The SMILES string of the molecule is Cc1ccc(NC(=O)CNC(C)C)cc1. The van der Waals surface area contributed by atoms with Crippen LogP contribution in [0, 0.1) is 6.92 Å². The van der Waals surface area contributed by atoms with E-state index in [-0.39, 0.29) is 5.91 Å². The van der Waals surface area contributed by atoms with Gasteiger partial charge < -0.3 is 10.6 Å². The fourth-order valence-electron chi connectivity index (χ4n) is 1.14. The Hall–Kier alpha value is -1.35. The average molecular weight is 206 g/mol. The van der Waals surface area contributed by atoms with Gasteiger partial charge in [-0.05, 0) is 19.1 Å². The number of hydrogen-bond donors (Lipinski definition) is 2. The maximum Gasteiger partial charge on any atom is 0.238 e. The van der Waals surface area contributed by atoms with Crippen molar-refractivity contribution in [2.24, 2.45) is 0 Å². The maximum absolute atomic E-state index is 11.4. The molecular formula is C12H18N2O. The second-order valence-corrected chi connectivity index (χ2v) is 3.95. The Morgan fingerprint density at radius 2 is 1.87 bits per heavy atom. The van der Waals surface area contributed by atoms with E-state index in [1.54, 1.807) is 0 Å². The zero-order valence-corrected chi connectivity index (χ0v) is 9.50. The van der Waals surface area contributed by atoms with Gasteiger partial charge in [0.25, 0.3) is 0 Å². The van der Waals surface area contributed by atoms with Gasteiger partial charge in [0, 0.05) is 11.7 Å². The minimum atomic E-state index is -0.00690. The van der Waals surface area contributed by atoms with Gasteiger partial charge in [0.15, 0.2) is 0 Å². The van der Waals surface area contributed by atoms with Crippen LogP contribution in [-0.2, 0) is 4.79 Å². The van der Waals surface area contributed by atoms with E-state index in [9.17, 15) is 4.79 Å². The van der Waals surface area contributed by atoms with Crippen LogP contribution >= 0.6 is 0 Å². The molecule has 15 heavy (non-hydrogen) atoms. The number of hydrogen-bond acceptors (Lipinski definition) is 2. The van der Waals surface area contributed by atoms with E-state index in [2.05, 4.69) is 10.6 Å². The quantitative estimate of drug-likeness (QED) is 0.790. The van der Waals surface area contributed by atoms with Crippen molar-refractivity contribution in [2.45, 2.75) is 26.8 Å². The van der Waals surface area contributed by atoms with E-state index in [0.717, 1.165) is 5.69 Å². The van der Waals surface area contributed by atoms with Crippen LogP contribution in [0.3, 0.4) is 0 Å². The Labute approximate surface area is 90.9 Å². The third-order valence-electron chi connectivity index (χ3n) is 2.01. The average Bonchev–Trinajstić information content (AvgIpc) is 2.19. The topological polar surface area (TPSA) is 41.1 Å². The van der Waals surface area contributed by atoms with E-state index >= 15 is 0 Å². The third-order valence-corrected chi connectivity index (χ3v) is 2.01. The highest BCUT2D eigenvalue weighted by atomic mass is 16.1. The Morgan fingerprint density at radius 3 is 2.40 bits per heavy atom. The lowest BCUT2D eigenvalue weighted by Crippen LogP contribution is -2.32. The zero-order chi connectivity index (χ0) is 11.3. The lowest BCUT2D eigenvalue weighted by molar-refractivity contribution is -0.115. The Balaban J connectivity index is 2.41. The molecule has 1 amide bonds. The molecule has 1 aromatic carbocycles. The summed E-state index contributed by atoms with van der Waals surface area (Å²) in [4.78, 5) is 11.4. The number of carbonyl (C=O) groups excluding carboxylic acids is 1. The molecule has 0 unspecified atom stereocenters. The van der Waals surface area contributed by atoms with Gasteiger partial charge in [-0.2, -0.15) is 0 Å². The molecule has 0 saturated carbocycles. The molecule has 0 aliphatic rings. The molecule has 3 nitrogen and oxygen atoms in total. The van der Waals surface area contributed by atoms with Crippen molar-refractivity contribution in [1.29, 1.82) is 0 Å². The molecule has 0 saturated heterocycles. The molecule has 0 heterocycles. The van der Waals surface area contributed by atoms with Gasteiger partial charge in [-0.1, -0.05) is 31.5 Å². The van der Waals surface area contributed by atoms with Gasteiger partial charge in [-0.3, -0.25) is 4.79 Å². The van der Waals surface area contributed by atoms with Gasteiger partial charge in [0.1, 0.15) is 0 Å². The summed E-state index contributed by atoms with van der Waals surface area (Å²) in [6.07, 6.45) is 0.